The molecule has 1 unspecified atom stereocenters. The molecule has 0 fully saturated rings. The standard InChI is InChI=1S/C10H12ClNO5S/c1-6(13)5-12-18(16,17)7-2-3-8(10(14)15)9(11)4-7/h2-4,6,12-13H,5H2,1H3,(H,14,15). The molecule has 0 saturated heterocycles. The highest BCUT2D eigenvalue weighted by Gasteiger charge is 2.17. The first kappa shape index (κ1) is 14.9. The van der Waals surface area contributed by atoms with Crippen LogP contribution in [0.4, 0.5) is 0 Å². The van der Waals surface area contributed by atoms with Crippen molar-refractivity contribution in [1.82, 2.24) is 4.72 Å². The van der Waals surface area contributed by atoms with Gasteiger partial charge in [-0.25, -0.2) is 17.9 Å². The minimum Gasteiger partial charge on any atom is -0.478 e. The summed E-state index contributed by atoms with van der Waals surface area (Å²) in [4.78, 5) is 10.6. The van der Waals surface area contributed by atoms with Crippen LogP contribution in [0.2, 0.25) is 5.02 Å². The van der Waals surface area contributed by atoms with Crippen LogP contribution in [0.5, 0.6) is 0 Å². The smallest absolute Gasteiger partial charge is 0.337 e. The summed E-state index contributed by atoms with van der Waals surface area (Å²) in [6, 6.07) is 3.30. The highest BCUT2D eigenvalue weighted by atomic mass is 35.5. The third-order valence-electron chi connectivity index (χ3n) is 2.05. The molecular formula is C10H12ClNO5S. The average molecular weight is 294 g/mol. The molecular weight excluding hydrogens is 282 g/mol. The zero-order valence-electron chi connectivity index (χ0n) is 9.42. The van der Waals surface area contributed by atoms with Crippen LogP contribution >= 0.6 is 11.6 Å². The van der Waals surface area contributed by atoms with Crippen molar-refractivity contribution in [3.05, 3.63) is 28.8 Å². The Labute approximate surface area is 109 Å². The first-order chi connectivity index (χ1) is 8.24. The van der Waals surface area contributed by atoms with Crippen molar-refractivity contribution in [1.29, 1.82) is 0 Å². The molecule has 0 aromatic heterocycles. The molecule has 8 heteroatoms. The van der Waals surface area contributed by atoms with Crippen LogP contribution in [0.1, 0.15) is 17.3 Å². The topological polar surface area (TPSA) is 104 Å². The molecule has 1 aromatic rings. The van der Waals surface area contributed by atoms with Gasteiger partial charge in [0.25, 0.3) is 0 Å². The largest absolute Gasteiger partial charge is 0.478 e. The summed E-state index contributed by atoms with van der Waals surface area (Å²) in [5.74, 6) is -1.24. The average Bonchev–Trinajstić information content (AvgIpc) is 2.26. The Balaban J connectivity index is 3.04. The number of carbonyl (C=O) groups is 1. The second kappa shape index (κ2) is 5.66. The quantitative estimate of drug-likeness (QED) is 0.741. The van der Waals surface area contributed by atoms with Gasteiger partial charge in [-0.05, 0) is 25.1 Å². The Kier molecular flexibility index (Phi) is 4.69. The number of hydrogen-bond acceptors (Lipinski definition) is 4. The van der Waals surface area contributed by atoms with Crippen LogP contribution in [0.25, 0.3) is 0 Å². The molecule has 6 nitrogen and oxygen atoms in total. The zero-order valence-corrected chi connectivity index (χ0v) is 11.0. The van der Waals surface area contributed by atoms with Crippen molar-refractivity contribution in [3.63, 3.8) is 0 Å². The van der Waals surface area contributed by atoms with Gasteiger partial charge >= 0.3 is 5.97 Å². The molecule has 0 aliphatic carbocycles. The maximum Gasteiger partial charge on any atom is 0.337 e. The number of carboxylic acid groups (broad SMARTS) is 1. The summed E-state index contributed by atoms with van der Waals surface area (Å²) in [7, 11) is -3.81. The molecule has 3 N–H and O–H groups in total. The third kappa shape index (κ3) is 3.67. The Morgan fingerprint density at radius 3 is 2.56 bits per heavy atom. The molecule has 1 rings (SSSR count). The van der Waals surface area contributed by atoms with Gasteiger partial charge in [0.1, 0.15) is 0 Å². The van der Waals surface area contributed by atoms with Gasteiger partial charge in [-0.2, -0.15) is 0 Å². The fourth-order valence-electron chi connectivity index (χ4n) is 1.15. The lowest BCUT2D eigenvalue weighted by Gasteiger charge is -2.09. The molecule has 0 spiro atoms. The lowest BCUT2D eigenvalue weighted by molar-refractivity contribution is 0.0697. The summed E-state index contributed by atoms with van der Waals surface area (Å²) < 4.78 is 25.7. The number of aliphatic hydroxyl groups is 1. The van der Waals surface area contributed by atoms with Crippen molar-refractivity contribution < 1.29 is 23.4 Å². The number of nitrogens with one attached hydrogen (secondary N) is 1. The number of carboxylic acids is 1. The summed E-state index contributed by atoms with van der Waals surface area (Å²) in [6.07, 6.45) is -0.825. The van der Waals surface area contributed by atoms with E-state index in [1.54, 1.807) is 0 Å². The zero-order chi connectivity index (χ0) is 13.9. The molecule has 1 atom stereocenters. The predicted octanol–water partition coefficient (Wildman–Crippen LogP) is 0.697. The van der Waals surface area contributed by atoms with E-state index in [9.17, 15) is 13.2 Å². The fraction of sp³-hybridized carbons (Fsp3) is 0.300. The molecule has 0 aliphatic rings. The van der Waals surface area contributed by atoms with E-state index in [0.717, 1.165) is 18.2 Å². The van der Waals surface area contributed by atoms with Gasteiger partial charge < -0.3 is 10.2 Å². The van der Waals surface area contributed by atoms with Crippen molar-refractivity contribution in [2.75, 3.05) is 6.54 Å². The van der Waals surface area contributed by atoms with Crippen LogP contribution in [-0.2, 0) is 10.0 Å². The summed E-state index contributed by atoms with van der Waals surface area (Å²) in [6.45, 7) is 1.30. The molecule has 0 amide bonds. The molecule has 18 heavy (non-hydrogen) atoms. The van der Waals surface area contributed by atoms with Crippen LogP contribution in [0.3, 0.4) is 0 Å². The Morgan fingerprint density at radius 2 is 2.11 bits per heavy atom. The highest BCUT2D eigenvalue weighted by Crippen LogP contribution is 2.20. The van der Waals surface area contributed by atoms with Gasteiger partial charge in [0.05, 0.1) is 21.6 Å². The van der Waals surface area contributed by atoms with E-state index in [1.807, 2.05) is 0 Å². The number of rotatable bonds is 5. The van der Waals surface area contributed by atoms with E-state index in [1.165, 1.54) is 6.92 Å². The van der Waals surface area contributed by atoms with Gasteiger partial charge in [0.2, 0.25) is 10.0 Å². The van der Waals surface area contributed by atoms with Crippen molar-refractivity contribution >= 4 is 27.6 Å². The monoisotopic (exact) mass is 293 g/mol. The second-order valence-electron chi connectivity index (χ2n) is 3.65. The van der Waals surface area contributed by atoms with E-state index in [0.29, 0.717) is 0 Å². The maximum atomic E-state index is 11.7. The molecule has 0 bridgehead atoms. The number of aliphatic hydroxyl groups excluding tert-OH is 1. The molecule has 0 aliphatic heterocycles. The highest BCUT2D eigenvalue weighted by molar-refractivity contribution is 7.89. The van der Waals surface area contributed by atoms with Gasteiger partial charge in [0, 0.05) is 6.54 Å². The molecule has 0 radical (unpaired) electrons. The van der Waals surface area contributed by atoms with Crippen LogP contribution in [0, 0.1) is 0 Å². The first-order valence-corrected chi connectivity index (χ1v) is 6.80. The summed E-state index contributed by atoms with van der Waals surface area (Å²) in [5.41, 5.74) is -0.175. The van der Waals surface area contributed by atoms with E-state index in [-0.39, 0.29) is 22.0 Å². The second-order valence-corrected chi connectivity index (χ2v) is 5.82. The molecule has 0 heterocycles. The first-order valence-electron chi connectivity index (χ1n) is 4.94. The number of hydrogen-bond donors (Lipinski definition) is 3. The lowest BCUT2D eigenvalue weighted by Crippen LogP contribution is -2.30. The minimum absolute atomic E-state index is 0.138. The maximum absolute atomic E-state index is 11.7. The summed E-state index contributed by atoms with van der Waals surface area (Å²) >= 11 is 5.67. The van der Waals surface area contributed by atoms with Gasteiger partial charge in [-0.3, -0.25) is 0 Å². The van der Waals surface area contributed by atoms with E-state index in [4.69, 9.17) is 21.8 Å². The predicted molar refractivity (Wildman–Crippen MR) is 65.3 cm³/mol. The number of benzene rings is 1. The van der Waals surface area contributed by atoms with Crippen molar-refractivity contribution in [2.24, 2.45) is 0 Å². The Bertz CT molecular complexity index is 555. The third-order valence-corrected chi connectivity index (χ3v) is 3.78. The van der Waals surface area contributed by atoms with Gasteiger partial charge in [-0.15, -0.1) is 0 Å². The molecule has 0 saturated carbocycles. The summed E-state index contributed by atoms with van der Waals surface area (Å²) in [5, 5.41) is 17.6. The Morgan fingerprint density at radius 1 is 1.50 bits per heavy atom. The normalized spacial score (nSPS) is 13.3. The van der Waals surface area contributed by atoms with Crippen molar-refractivity contribution in [2.45, 2.75) is 17.9 Å². The van der Waals surface area contributed by atoms with Gasteiger partial charge in [0.15, 0.2) is 0 Å². The van der Waals surface area contributed by atoms with E-state index in [2.05, 4.69) is 4.72 Å². The van der Waals surface area contributed by atoms with Crippen LogP contribution in [0.15, 0.2) is 23.1 Å². The van der Waals surface area contributed by atoms with Gasteiger partial charge in [-0.1, -0.05) is 11.6 Å². The number of halogens is 1. The number of sulfonamides is 1. The Hall–Kier alpha value is -1.15. The molecule has 100 valence electrons. The van der Waals surface area contributed by atoms with Crippen molar-refractivity contribution in [3.8, 4) is 0 Å². The minimum atomic E-state index is -3.81. The van der Waals surface area contributed by atoms with Crippen LogP contribution in [-0.4, -0.2) is 37.2 Å². The van der Waals surface area contributed by atoms with E-state index < -0.39 is 22.1 Å². The number of aromatic carboxylic acids is 1. The van der Waals surface area contributed by atoms with Crippen LogP contribution < -0.4 is 4.72 Å². The fourth-order valence-corrected chi connectivity index (χ4v) is 2.62. The SMILES string of the molecule is CC(O)CNS(=O)(=O)c1ccc(C(=O)O)c(Cl)c1. The molecule has 1 aromatic carbocycles. The lowest BCUT2D eigenvalue weighted by atomic mass is 10.2. The van der Waals surface area contributed by atoms with E-state index >= 15 is 0 Å².